The maximum atomic E-state index is 14.7. The molecule has 14 heteroatoms. The molecule has 1 heterocycles. The van der Waals surface area contributed by atoms with Crippen molar-refractivity contribution in [2.75, 3.05) is 20.7 Å². The lowest BCUT2D eigenvalue weighted by Gasteiger charge is -2.66. The van der Waals surface area contributed by atoms with Crippen LogP contribution in [0.5, 0.6) is 0 Å². The fraction of sp³-hybridized carbons (Fsp3) is 0.538. The molecule has 11 atom stereocenters. The molecule has 6 N–H and O–H groups in total. The van der Waals surface area contributed by atoms with E-state index in [-0.39, 0.29) is 29.7 Å². The summed E-state index contributed by atoms with van der Waals surface area (Å²) in [5.41, 5.74) is -7.06. The van der Waals surface area contributed by atoms with E-state index in [1.54, 1.807) is 62.4 Å². The van der Waals surface area contributed by atoms with E-state index < -0.39 is 101 Å². The van der Waals surface area contributed by atoms with Gasteiger partial charge < -0.3 is 50.0 Å². The third-order valence-corrected chi connectivity index (χ3v) is 12.3. The van der Waals surface area contributed by atoms with Gasteiger partial charge in [-0.25, -0.2) is 14.4 Å². The summed E-state index contributed by atoms with van der Waals surface area (Å²) in [4.78, 5) is 56.4. The number of ketones is 1. The summed E-state index contributed by atoms with van der Waals surface area (Å²) in [6.07, 6.45) is -10.2. The van der Waals surface area contributed by atoms with Crippen LogP contribution in [-0.2, 0) is 23.8 Å². The molecule has 2 aromatic rings. The van der Waals surface area contributed by atoms with Gasteiger partial charge in [0.25, 0.3) is 0 Å². The smallest absolute Gasteiger partial charge is 0.338 e. The minimum absolute atomic E-state index is 0.0318. The molecule has 1 saturated heterocycles. The number of urea groups is 1. The topological polar surface area (TPSA) is 212 Å². The first kappa shape index (κ1) is 38.5. The molecule has 14 nitrogen and oxygen atoms in total. The van der Waals surface area contributed by atoms with E-state index in [1.165, 1.54) is 45.0 Å². The number of fused-ring (bicyclic) bond motifs is 5. The van der Waals surface area contributed by atoms with Gasteiger partial charge in [0.2, 0.25) is 0 Å². The summed E-state index contributed by atoms with van der Waals surface area (Å²) < 4.78 is 17.8. The van der Waals surface area contributed by atoms with Gasteiger partial charge >= 0.3 is 18.0 Å². The molecule has 0 aromatic heterocycles. The highest BCUT2D eigenvalue weighted by molar-refractivity contribution is 5.94. The Balaban J connectivity index is 1.47. The summed E-state index contributed by atoms with van der Waals surface area (Å²) in [6, 6.07) is 14.3. The van der Waals surface area contributed by atoms with Crippen molar-refractivity contribution in [2.45, 2.75) is 94.4 Å². The van der Waals surface area contributed by atoms with E-state index in [2.05, 4.69) is 5.32 Å². The standard InChI is InChI=1S/C39H48N2O12/c1-20-23(52-34(47)29(44)27(40-35(48)41(5)6)21-13-9-7-10-14-21)18-39(50)32(53-33(46)22-15-11-8-12-16-22)30-37(4,24(42)17-25-38(30,49)19-51-25)31(45)28(43)26(20)36(39,2)3/h7-16,23-25,27-30,32,42-44,49-50H,17-19H2,1-6H3,(H,40,48)/t23?,24?,25?,27?,28?,29?,30?,32?,37-,38+,39?/m1/s1. The number of hydrogen-bond acceptors (Lipinski definition) is 12. The molecule has 53 heavy (non-hydrogen) atoms. The lowest BCUT2D eigenvalue weighted by molar-refractivity contribution is -0.343. The monoisotopic (exact) mass is 736 g/mol. The van der Waals surface area contributed by atoms with E-state index in [1.807, 2.05) is 0 Å². The number of benzene rings is 2. The maximum Gasteiger partial charge on any atom is 0.338 e. The number of rotatable bonds is 7. The molecule has 0 radical (unpaired) electrons. The van der Waals surface area contributed by atoms with Gasteiger partial charge in [-0.2, -0.15) is 0 Å². The molecule has 286 valence electrons. The van der Waals surface area contributed by atoms with E-state index in [0.29, 0.717) is 5.56 Å². The van der Waals surface area contributed by atoms with Crippen LogP contribution in [0.4, 0.5) is 4.79 Å². The van der Waals surface area contributed by atoms with Crippen molar-refractivity contribution >= 4 is 23.8 Å². The maximum absolute atomic E-state index is 14.7. The number of hydrogen-bond donors (Lipinski definition) is 6. The molecule has 1 aliphatic heterocycles. The molecule has 0 spiro atoms. The molecular formula is C39H48N2O12. The fourth-order valence-corrected chi connectivity index (χ4v) is 8.99. The van der Waals surface area contributed by atoms with E-state index in [0.717, 1.165) is 0 Å². The van der Waals surface area contributed by atoms with Crippen LogP contribution < -0.4 is 5.32 Å². The number of aliphatic hydroxyl groups excluding tert-OH is 3. The van der Waals surface area contributed by atoms with Crippen LogP contribution in [0.3, 0.4) is 0 Å². The highest BCUT2D eigenvalue weighted by atomic mass is 16.6. The van der Waals surface area contributed by atoms with Gasteiger partial charge in [0.05, 0.1) is 35.8 Å². The van der Waals surface area contributed by atoms with Gasteiger partial charge in [0.1, 0.15) is 29.5 Å². The summed E-state index contributed by atoms with van der Waals surface area (Å²) in [7, 11) is 2.98. The SMILES string of the molecule is CC1=C2C(O)C(=O)[C@]3(C)C(O)CC4OC[C@@]4(O)C3C(OC(=O)c3ccccc3)C(O)(CC1OC(=O)C(O)C(NC(=O)N(C)C)c1ccccc1)C2(C)C. The van der Waals surface area contributed by atoms with Crippen molar-refractivity contribution in [3.8, 4) is 0 Å². The minimum Gasteiger partial charge on any atom is -0.456 e. The number of nitrogens with zero attached hydrogens (tertiary/aromatic N) is 1. The van der Waals surface area contributed by atoms with Gasteiger partial charge in [-0.1, -0.05) is 62.4 Å². The van der Waals surface area contributed by atoms with Crippen LogP contribution in [-0.4, -0.2) is 123 Å². The minimum atomic E-state index is -2.29. The lowest BCUT2D eigenvalue weighted by atomic mass is 9.44. The second-order valence-electron chi connectivity index (χ2n) is 15.7. The summed E-state index contributed by atoms with van der Waals surface area (Å²) in [6.45, 7) is 5.71. The molecule has 2 amide bonds. The Bertz CT molecular complexity index is 1800. The average Bonchev–Trinajstić information content (AvgIpc) is 3.12. The van der Waals surface area contributed by atoms with Crippen LogP contribution in [0.1, 0.15) is 62.5 Å². The number of ether oxygens (including phenoxy) is 3. The average molecular weight is 737 g/mol. The molecule has 9 unspecified atom stereocenters. The predicted octanol–water partition coefficient (Wildman–Crippen LogP) is 1.44. The fourth-order valence-electron chi connectivity index (χ4n) is 8.99. The highest BCUT2D eigenvalue weighted by Crippen LogP contribution is 2.63. The predicted molar refractivity (Wildman–Crippen MR) is 187 cm³/mol. The normalized spacial score (nSPS) is 35.6. The number of carbonyl (C=O) groups is 4. The van der Waals surface area contributed by atoms with Crippen molar-refractivity contribution in [3.05, 3.63) is 82.9 Å². The molecular weight excluding hydrogens is 688 g/mol. The van der Waals surface area contributed by atoms with Crippen LogP contribution in [0, 0.1) is 16.7 Å². The number of aliphatic hydroxyl groups is 5. The van der Waals surface area contributed by atoms with E-state index >= 15 is 0 Å². The first-order valence-corrected chi connectivity index (χ1v) is 17.7. The van der Waals surface area contributed by atoms with Crippen molar-refractivity contribution in [1.82, 2.24) is 10.2 Å². The first-order chi connectivity index (χ1) is 24.8. The van der Waals surface area contributed by atoms with Crippen LogP contribution in [0.2, 0.25) is 0 Å². The second kappa shape index (κ2) is 13.6. The number of carbonyl (C=O) groups excluding carboxylic acids is 4. The Kier molecular flexibility index (Phi) is 9.88. The Morgan fingerprint density at radius 3 is 2.13 bits per heavy atom. The second-order valence-corrected chi connectivity index (χ2v) is 15.7. The zero-order chi connectivity index (χ0) is 38.8. The molecule has 3 fully saturated rings. The summed E-state index contributed by atoms with van der Waals surface area (Å²) in [5, 5.41) is 63.1. The molecule has 2 bridgehead atoms. The Labute approximate surface area is 307 Å². The largest absolute Gasteiger partial charge is 0.456 e. The number of nitrogens with one attached hydrogen (secondary N) is 1. The third-order valence-electron chi connectivity index (χ3n) is 12.3. The van der Waals surface area contributed by atoms with Crippen molar-refractivity contribution in [2.24, 2.45) is 16.7 Å². The van der Waals surface area contributed by atoms with E-state index in [4.69, 9.17) is 14.2 Å². The number of Topliss-reactive ketones (excluding diaryl/α,β-unsaturated/α-hetero) is 1. The molecule has 3 aliphatic carbocycles. The molecule has 4 aliphatic rings. The summed E-state index contributed by atoms with van der Waals surface area (Å²) >= 11 is 0. The molecule has 6 rings (SSSR count). The van der Waals surface area contributed by atoms with Gasteiger partial charge in [-0.3, -0.25) is 4.79 Å². The quantitative estimate of drug-likeness (QED) is 0.176. The number of esters is 2. The molecule has 2 saturated carbocycles. The van der Waals surface area contributed by atoms with Crippen molar-refractivity contribution in [3.63, 3.8) is 0 Å². The van der Waals surface area contributed by atoms with Gasteiger partial charge in [0.15, 0.2) is 11.9 Å². The zero-order valence-electron chi connectivity index (χ0n) is 30.6. The van der Waals surface area contributed by atoms with Crippen molar-refractivity contribution in [1.29, 1.82) is 0 Å². The highest BCUT2D eigenvalue weighted by Gasteiger charge is 2.76. The Hall–Kier alpha value is -4.18. The Morgan fingerprint density at radius 2 is 1.57 bits per heavy atom. The number of amides is 2. The summed E-state index contributed by atoms with van der Waals surface area (Å²) in [5.74, 6) is -4.48. The third kappa shape index (κ3) is 5.96. The zero-order valence-corrected chi connectivity index (χ0v) is 30.6. The van der Waals surface area contributed by atoms with E-state index in [9.17, 15) is 44.7 Å². The van der Waals surface area contributed by atoms with Gasteiger partial charge in [0, 0.05) is 38.3 Å². The van der Waals surface area contributed by atoms with Gasteiger partial charge in [-0.15, -0.1) is 0 Å². The molecule has 2 aromatic carbocycles. The van der Waals surface area contributed by atoms with Crippen LogP contribution in [0.15, 0.2) is 71.8 Å². The first-order valence-electron chi connectivity index (χ1n) is 17.7. The van der Waals surface area contributed by atoms with Crippen LogP contribution in [0.25, 0.3) is 0 Å². The van der Waals surface area contributed by atoms with Crippen molar-refractivity contribution < 1.29 is 58.9 Å². The lowest BCUT2D eigenvalue weighted by Crippen LogP contribution is -2.81. The van der Waals surface area contributed by atoms with Gasteiger partial charge in [-0.05, 0) is 42.7 Å². The Morgan fingerprint density at radius 1 is 0.962 bits per heavy atom. The van der Waals surface area contributed by atoms with Crippen LogP contribution >= 0.6 is 0 Å².